The Kier molecular flexibility index (Phi) is 5.10. The van der Waals surface area contributed by atoms with Gasteiger partial charge in [0.15, 0.2) is 11.6 Å². The highest BCUT2D eigenvalue weighted by atomic mass is 32.2. The molecule has 0 atom stereocenters. The van der Waals surface area contributed by atoms with Crippen LogP contribution in [0.25, 0.3) is 0 Å². The fourth-order valence-corrected chi connectivity index (χ4v) is 2.79. The summed E-state index contributed by atoms with van der Waals surface area (Å²) < 4.78 is 45.8. The summed E-state index contributed by atoms with van der Waals surface area (Å²) in [6.07, 6.45) is 2.96. The predicted octanol–water partition coefficient (Wildman–Crippen LogP) is 2.49. The normalized spacial score (nSPS) is 11.6. The van der Waals surface area contributed by atoms with E-state index in [1.807, 2.05) is 0 Å². The molecule has 0 aliphatic heterocycles. The fourth-order valence-electron chi connectivity index (χ4n) is 1.76. The van der Waals surface area contributed by atoms with E-state index >= 15 is 0 Å². The van der Waals surface area contributed by atoms with E-state index in [0.717, 1.165) is 6.07 Å². The van der Waals surface area contributed by atoms with Gasteiger partial charge in [-0.25, -0.2) is 17.5 Å². The topological polar surface area (TPSA) is 68.3 Å². The highest BCUT2D eigenvalue weighted by molar-refractivity contribution is 7.89. The van der Waals surface area contributed by atoms with Crippen LogP contribution in [0.3, 0.4) is 0 Å². The summed E-state index contributed by atoms with van der Waals surface area (Å²) in [5.41, 5.74) is 0.714. The molecule has 0 aliphatic carbocycles. The Hall–Kier alpha value is -1.99. The molecule has 2 rings (SSSR count). The Morgan fingerprint density at radius 2 is 2.09 bits per heavy atom. The van der Waals surface area contributed by atoms with Crippen LogP contribution < -0.4 is 9.46 Å². The van der Waals surface area contributed by atoms with Gasteiger partial charge in [-0.1, -0.05) is 6.07 Å². The van der Waals surface area contributed by atoms with Crippen LogP contribution in [0.1, 0.15) is 19.4 Å². The molecule has 0 fully saturated rings. The van der Waals surface area contributed by atoms with Crippen LogP contribution in [-0.2, 0) is 16.6 Å². The Balaban J connectivity index is 2.14. The lowest BCUT2D eigenvalue weighted by Gasteiger charge is -2.12. The predicted molar refractivity (Wildman–Crippen MR) is 80.4 cm³/mol. The van der Waals surface area contributed by atoms with Gasteiger partial charge in [0.05, 0.1) is 11.0 Å². The second-order valence-electron chi connectivity index (χ2n) is 4.94. The molecule has 7 heteroatoms. The average Bonchev–Trinajstić information content (AvgIpc) is 2.48. The minimum absolute atomic E-state index is 0.0289. The zero-order valence-corrected chi connectivity index (χ0v) is 13.1. The lowest BCUT2D eigenvalue weighted by molar-refractivity contribution is 0.231. The van der Waals surface area contributed by atoms with Crippen molar-refractivity contribution >= 4 is 10.0 Å². The van der Waals surface area contributed by atoms with E-state index in [2.05, 4.69) is 9.71 Å². The Labute approximate surface area is 129 Å². The lowest BCUT2D eigenvalue weighted by Crippen LogP contribution is -2.23. The van der Waals surface area contributed by atoms with Crippen LogP contribution in [-0.4, -0.2) is 19.5 Å². The molecule has 2 aromatic rings. The van der Waals surface area contributed by atoms with Gasteiger partial charge < -0.3 is 4.74 Å². The van der Waals surface area contributed by atoms with E-state index in [9.17, 15) is 12.8 Å². The van der Waals surface area contributed by atoms with Crippen LogP contribution in [0, 0.1) is 5.82 Å². The number of benzene rings is 1. The summed E-state index contributed by atoms with van der Waals surface area (Å²) in [4.78, 5) is 3.75. The van der Waals surface area contributed by atoms with Gasteiger partial charge in [0.1, 0.15) is 0 Å². The Morgan fingerprint density at radius 3 is 2.68 bits per heavy atom. The minimum atomic E-state index is -3.80. The van der Waals surface area contributed by atoms with Crippen molar-refractivity contribution in [2.75, 3.05) is 0 Å². The van der Waals surface area contributed by atoms with Crippen molar-refractivity contribution in [1.29, 1.82) is 0 Å². The van der Waals surface area contributed by atoms with Crippen LogP contribution in [0.2, 0.25) is 0 Å². The molecule has 0 saturated carbocycles. The largest absolute Gasteiger partial charge is 0.488 e. The monoisotopic (exact) mass is 324 g/mol. The summed E-state index contributed by atoms with van der Waals surface area (Å²) in [7, 11) is -3.80. The van der Waals surface area contributed by atoms with Gasteiger partial charge in [-0.15, -0.1) is 0 Å². The van der Waals surface area contributed by atoms with Crippen molar-refractivity contribution in [2.45, 2.75) is 31.4 Å². The Bertz CT molecular complexity index is 734. The summed E-state index contributed by atoms with van der Waals surface area (Å²) in [6.45, 7) is 3.61. The van der Waals surface area contributed by atoms with Crippen molar-refractivity contribution in [1.82, 2.24) is 9.71 Å². The zero-order valence-electron chi connectivity index (χ0n) is 12.3. The maximum absolute atomic E-state index is 13.9. The SMILES string of the molecule is CC(C)Oc1ccc(S(=O)(=O)NCc2cccnc2)cc1F. The molecule has 1 N–H and O–H groups in total. The van der Waals surface area contributed by atoms with Crippen molar-refractivity contribution in [3.05, 3.63) is 54.1 Å². The van der Waals surface area contributed by atoms with Crippen molar-refractivity contribution in [3.8, 4) is 5.75 Å². The van der Waals surface area contributed by atoms with E-state index in [0.29, 0.717) is 5.56 Å². The highest BCUT2D eigenvalue weighted by Gasteiger charge is 2.17. The van der Waals surface area contributed by atoms with Gasteiger partial charge in [-0.2, -0.15) is 0 Å². The summed E-state index contributed by atoms with van der Waals surface area (Å²) in [5.74, 6) is -0.681. The van der Waals surface area contributed by atoms with E-state index in [1.165, 1.54) is 12.1 Å². The third-order valence-electron chi connectivity index (χ3n) is 2.77. The van der Waals surface area contributed by atoms with Crippen LogP contribution in [0.5, 0.6) is 5.75 Å². The lowest BCUT2D eigenvalue weighted by atomic mass is 10.3. The molecule has 1 heterocycles. The molecule has 22 heavy (non-hydrogen) atoms. The molecule has 1 aromatic carbocycles. The van der Waals surface area contributed by atoms with Crippen molar-refractivity contribution < 1.29 is 17.5 Å². The molecule has 0 bridgehead atoms. The summed E-state index contributed by atoms with van der Waals surface area (Å²) in [6, 6.07) is 7.03. The smallest absolute Gasteiger partial charge is 0.240 e. The zero-order chi connectivity index (χ0) is 16.2. The number of hydrogen-bond acceptors (Lipinski definition) is 4. The van der Waals surface area contributed by atoms with E-state index in [-0.39, 0.29) is 23.3 Å². The van der Waals surface area contributed by atoms with Gasteiger partial charge in [0.25, 0.3) is 0 Å². The first-order chi connectivity index (χ1) is 10.4. The maximum atomic E-state index is 13.9. The number of sulfonamides is 1. The summed E-state index contributed by atoms with van der Waals surface area (Å²) in [5, 5.41) is 0. The average molecular weight is 324 g/mol. The standard InChI is InChI=1S/C15H17FN2O3S/c1-11(2)21-15-6-5-13(8-14(15)16)22(19,20)18-10-12-4-3-7-17-9-12/h3-9,11,18H,10H2,1-2H3. The third-order valence-corrected chi connectivity index (χ3v) is 4.16. The quantitative estimate of drug-likeness (QED) is 0.886. The van der Waals surface area contributed by atoms with Crippen LogP contribution >= 0.6 is 0 Å². The van der Waals surface area contributed by atoms with E-state index < -0.39 is 15.8 Å². The van der Waals surface area contributed by atoms with Gasteiger partial charge in [0, 0.05) is 18.9 Å². The third kappa shape index (κ3) is 4.25. The number of halogens is 1. The Morgan fingerprint density at radius 1 is 1.32 bits per heavy atom. The molecular formula is C15H17FN2O3S. The molecule has 0 saturated heterocycles. The molecule has 118 valence electrons. The van der Waals surface area contributed by atoms with E-state index in [1.54, 1.807) is 38.4 Å². The number of rotatable bonds is 6. The molecular weight excluding hydrogens is 307 g/mol. The first-order valence-electron chi connectivity index (χ1n) is 6.73. The molecule has 5 nitrogen and oxygen atoms in total. The summed E-state index contributed by atoms with van der Waals surface area (Å²) >= 11 is 0. The number of pyridine rings is 1. The highest BCUT2D eigenvalue weighted by Crippen LogP contribution is 2.22. The number of nitrogens with one attached hydrogen (secondary N) is 1. The second kappa shape index (κ2) is 6.85. The molecule has 0 unspecified atom stereocenters. The molecule has 1 aromatic heterocycles. The van der Waals surface area contributed by atoms with Crippen molar-refractivity contribution in [3.63, 3.8) is 0 Å². The second-order valence-corrected chi connectivity index (χ2v) is 6.71. The molecule has 0 amide bonds. The van der Waals surface area contributed by atoms with Gasteiger partial charge in [-0.3, -0.25) is 4.98 Å². The van der Waals surface area contributed by atoms with Gasteiger partial charge >= 0.3 is 0 Å². The van der Waals surface area contributed by atoms with Crippen LogP contribution in [0.15, 0.2) is 47.6 Å². The maximum Gasteiger partial charge on any atom is 0.240 e. The minimum Gasteiger partial charge on any atom is -0.488 e. The molecule has 0 spiro atoms. The number of nitrogens with zero attached hydrogens (tertiary/aromatic N) is 1. The number of hydrogen-bond donors (Lipinski definition) is 1. The first kappa shape index (κ1) is 16.4. The number of ether oxygens (including phenoxy) is 1. The van der Waals surface area contributed by atoms with Gasteiger partial charge in [-0.05, 0) is 43.7 Å². The first-order valence-corrected chi connectivity index (χ1v) is 8.21. The number of aromatic nitrogens is 1. The van der Waals surface area contributed by atoms with Gasteiger partial charge in [0.2, 0.25) is 10.0 Å². The molecule has 0 radical (unpaired) electrons. The van der Waals surface area contributed by atoms with E-state index in [4.69, 9.17) is 4.74 Å². The van der Waals surface area contributed by atoms with Crippen LogP contribution in [0.4, 0.5) is 4.39 Å². The molecule has 0 aliphatic rings. The van der Waals surface area contributed by atoms with Crippen molar-refractivity contribution in [2.24, 2.45) is 0 Å². The fraction of sp³-hybridized carbons (Fsp3) is 0.267.